The summed E-state index contributed by atoms with van der Waals surface area (Å²) >= 11 is 0. The zero-order chi connectivity index (χ0) is 11.7. The normalized spacial score (nSPS) is 21.2. The van der Waals surface area contributed by atoms with E-state index in [1.807, 2.05) is 19.9 Å². The average Bonchev–Trinajstić information content (AvgIpc) is 2.15. The number of rotatable bonds is 1. The van der Waals surface area contributed by atoms with Gasteiger partial charge in [0.25, 0.3) is 0 Å². The molecule has 1 atom stereocenters. The Morgan fingerprint density at radius 1 is 1.31 bits per heavy atom. The number of carbonyl (C=O) groups excluding carboxylic acids is 1. The summed E-state index contributed by atoms with van der Waals surface area (Å²) in [6.07, 6.45) is 3.02. The van der Waals surface area contributed by atoms with Gasteiger partial charge in [-0.15, -0.1) is 0 Å². The minimum atomic E-state index is -0.141. The lowest BCUT2D eigenvalue weighted by atomic mass is 9.81. The Hall–Kier alpha value is -1.18. The minimum absolute atomic E-state index is 0.0989. The van der Waals surface area contributed by atoms with E-state index in [2.05, 4.69) is 0 Å². The summed E-state index contributed by atoms with van der Waals surface area (Å²) in [5.41, 5.74) is 2.69. The molecule has 1 unspecified atom stereocenters. The van der Waals surface area contributed by atoms with Crippen molar-refractivity contribution in [3.05, 3.63) is 34.6 Å². The first kappa shape index (κ1) is 11.3. The van der Waals surface area contributed by atoms with Crippen LogP contribution < -0.4 is 0 Å². The van der Waals surface area contributed by atoms with Gasteiger partial charge in [-0.2, -0.15) is 0 Å². The first-order valence-electron chi connectivity index (χ1n) is 5.86. The largest absolute Gasteiger partial charge is 0.300 e. The number of aryl methyl sites for hydroxylation is 2. The van der Waals surface area contributed by atoms with Crippen molar-refractivity contribution in [2.45, 2.75) is 45.4 Å². The van der Waals surface area contributed by atoms with Crippen molar-refractivity contribution in [2.75, 3.05) is 0 Å². The van der Waals surface area contributed by atoms with Gasteiger partial charge in [0.15, 0.2) is 0 Å². The highest BCUT2D eigenvalue weighted by molar-refractivity contribution is 5.80. The fourth-order valence-electron chi connectivity index (χ4n) is 2.71. The van der Waals surface area contributed by atoms with Gasteiger partial charge in [0, 0.05) is 12.8 Å². The van der Waals surface area contributed by atoms with E-state index in [0.717, 1.165) is 29.5 Å². The van der Waals surface area contributed by atoms with Crippen LogP contribution in [0.2, 0.25) is 0 Å². The summed E-state index contributed by atoms with van der Waals surface area (Å²) in [5.74, 6) is 0.231. The molecule has 1 nitrogen and oxygen atoms in total. The zero-order valence-electron chi connectivity index (χ0n) is 9.85. The Bertz CT molecular complexity index is 400. The van der Waals surface area contributed by atoms with E-state index >= 15 is 0 Å². The van der Waals surface area contributed by atoms with Crippen LogP contribution in [0.3, 0.4) is 0 Å². The van der Waals surface area contributed by atoms with E-state index in [-0.39, 0.29) is 17.5 Å². The second-order valence-corrected chi connectivity index (χ2v) is 4.81. The predicted octanol–water partition coefficient (Wildman–Crippen LogP) is 3.67. The van der Waals surface area contributed by atoms with Gasteiger partial charge in [0.05, 0.1) is 0 Å². The zero-order valence-corrected chi connectivity index (χ0v) is 9.85. The van der Waals surface area contributed by atoms with Crippen molar-refractivity contribution in [2.24, 2.45) is 0 Å². The molecule has 0 aliphatic heterocycles. The lowest BCUT2D eigenvalue weighted by Gasteiger charge is -2.23. The molecule has 1 aromatic carbocycles. The smallest absolute Gasteiger partial charge is 0.133 e. The molecule has 2 heteroatoms. The Balaban J connectivity index is 2.35. The van der Waals surface area contributed by atoms with E-state index in [9.17, 15) is 9.18 Å². The van der Waals surface area contributed by atoms with Gasteiger partial charge in [-0.3, -0.25) is 4.79 Å². The topological polar surface area (TPSA) is 17.1 Å². The maximum Gasteiger partial charge on any atom is 0.133 e. The molecule has 0 N–H and O–H groups in total. The van der Waals surface area contributed by atoms with Gasteiger partial charge in [-0.05, 0) is 55.4 Å². The molecule has 1 aromatic rings. The summed E-state index contributed by atoms with van der Waals surface area (Å²) in [5, 5.41) is 0. The SMILES string of the molecule is Cc1cc(C)c(C2CCCC(=O)C2)c(F)c1. The van der Waals surface area contributed by atoms with Gasteiger partial charge < -0.3 is 0 Å². The monoisotopic (exact) mass is 220 g/mol. The quantitative estimate of drug-likeness (QED) is 0.705. The number of halogens is 1. The van der Waals surface area contributed by atoms with Crippen molar-refractivity contribution in [1.82, 2.24) is 0 Å². The van der Waals surface area contributed by atoms with E-state index in [0.29, 0.717) is 12.8 Å². The van der Waals surface area contributed by atoms with Crippen molar-refractivity contribution in [3.63, 3.8) is 0 Å². The molecule has 0 saturated heterocycles. The molecular formula is C14H17FO. The van der Waals surface area contributed by atoms with Crippen LogP contribution >= 0.6 is 0 Å². The standard InChI is InChI=1S/C14H17FO/c1-9-6-10(2)14(13(15)7-9)11-4-3-5-12(16)8-11/h6-7,11H,3-5,8H2,1-2H3. The Morgan fingerprint density at radius 2 is 2.06 bits per heavy atom. The molecule has 16 heavy (non-hydrogen) atoms. The summed E-state index contributed by atoms with van der Waals surface area (Å²) in [7, 11) is 0. The molecule has 0 spiro atoms. The predicted molar refractivity (Wildman–Crippen MR) is 62.1 cm³/mol. The highest BCUT2D eigenvalue weighted by Crippen LogP contribution is 2.34. The molecule has 1 fully saturated rings. The van der Waals surface area contributed by atoms with Crippen LogP contribution in [0.4, 0.5) is 4.39 Å². The number of hydrogen-bond donors (Lipinski definition) is 0. The van der Waals surface area contributed by atoms with E-state index in [4.69, 9.17) is 0 Å². The first-order valence-corrected chi connectivity index (χ1v) is 5.86. The Kier molecular flexibility index (Phi) is 3.08. The van der Waals surface area contributed by atoms with Crippen LogP contribution in [-0.2, 0) is 4.79 Å². The highest BCUT2D eigenvalue weighted by atomic mass is 19.1. The number of hydrogen-bond acceptors (Lipinski definition) is 1. The first-order chi connectivity index (χ1) is 7.58. The van der Waals surface area contributed by atoms with Crippen molar-refractivity contribution in [1.29, 1.82) is 0 Å². The number of ketones is 1. The van der Waals surface area contributed by atoms with Crippen molar-refractivity contribution in [3.8, 4) is 0 Å². The fourth-order valence-corrected chi connectivity index (χ4v) is 2.71. The number of Topliss-reactive ketones (excluding diaryl/α,β-unsaturated/α-hetero) is 1. The third kappa shape index (κ3) is 2.16. The summed E-state index contributed by atoms with van der Waals surface area (Å²) in [4.78, 5) is 11.4. The molecule has 0 aromatic heterocycles. The Morgan fingerprint density at radius 3 is 2.69 bits per heavy atom. The van der Waals surface area contributed by atoms with E-state index < -0.39 is 0 Å². The molecular weight excluding hydrogens is 203 g/mol. The van der Waals surface area contributed by atoms with Crippen LogP contribution in [0, 0.1) is 19.7 Å². The third-order valence-electron chi connectivity index (χ3n) is 3.37. The van der Waals surface area contributed by atoms with E-state index in [1.54, 1.807) is 6.07 Å². The van der Waals surface area contributed by atoms with Crippen LogP contribution in [0.15, 0.2) is 12.1 Å². The van der Waals surface area contributed by atoms with Gasteiger partial charge >= 0.3 is 0 Å². The average molecular weight is 220 g/mol. The molecule has 0 amide bonds. The minimum Gasteiger partial charge on any atom is -0.300 e. The summed E-state index contributed by atoms with van der Waals surface area (Å²) in [6, 6.07) is 3.57. The molecule has 1 saturated carbocycles. The molecule has 0 bridgehead atoms. The molecule has 0 heterocycles. The maximum atomic E-state index is 13.9. The number of carbonyl (C=O) groups is 1. The lowest BCUT2D eigenvalue weighted by Crippen LogP contribution is -2.15. The van der Waals surface area contributed by atoms with Crippen LogP contribution in [0.25, 0.3) is 0 Å². The maximum absolute atomic E-state index is 13.9. The molecule has 2 rings (SSSR count). The van der Waals surface area contributed by atoms with Gasteiger partial charge in [-0.25, -0.2) is 4.39 Å². The second-order valence-electron chi connectivity index (χ2n) is 4.81. The highest BCUT2D eigenvalue weighted by Gasteiger charge is 2.24. The van der Waals surface area contributed by atoms with Crippen LogP contribution in [0.1, 0.15) is 48.3 Å². The molecule has 86 valence electrons. The number of benzene rings is 1. The van der Waals surface area contributed by atoms with Gasteiger partial charge in [-0.1, -0.05) is 6.07 Å². The molecule has 0 radical (unpaired) electrons. The summed E-state index contributed by atoms with van der Waals surface area (Å²) < 4.78 is 13.9. The van der Waals surface area contributed by atoms with Gasteiger partial charge in [0.2, 0.25) is 0 Å². The third-order valence-corrected chi connectivity index (χ3v) is 3.37. The van der Waals surface area contributed by atoms with Gasteiger partial charge in [0.1, 0.15) is 11.6 Å². The van der Waals surface area contributed by atoms with E-state index in [1.165, 1.54) is 0 Å². The van der Waals surface area contributed by atoms with Crippen molar-refractivity contribution >= 4 is 5.78 Å². The fraction of sp³-hybridized carbons (Fsp3) is 0.500. The molecule has 1 aliphatic rings. The summed E-state index contributed by atoms with van der Waals surface area (Å²) in [6.45, 7) is 3.83. The van der Waals surface area contributed by atoms with Crippen molar-refractivity contribution < 1.29 is 9.18 Å². The van der Waals surface area contributed by atoms with Crippen LogP contribution in [-0.4, -0.2) is 5.78 Å². The van der Waals surface area contributed by atoms with Crippen LogP contribution in [0.5, 0.6) is 0 Å². The molecule has 1 aliphatic carbocycles. The second kappa shape index (κ2) is 4.36. The Labute approximate surface area is 95.7 Å². The lowest BCUT2D eigenvalue weighted by molar-refractivity contribution is -0.120.